The zero-order chi connectivity index (χ0) is 14.9. The molecular formula is C20H31P. The molecule has 2 aliphatic rings. The summed E-state index contributed by atoms with van der Waals surface area (Å²) in [4.78, 5) is 0. The fourth-order valence-electron chi connectivity index (χ4n) is 4.22. The van der Waals surface area contributed by atoms with E-state index in [0.29, 0.717) is 0 Å². The van der Waals surface area contributed by atoms with Gasteiger partial charge in [0.1, 0.15) is 0 Å². The van der Waals surface area contributed by atoms with E-state index in [1.807, 2.05) is 0 Å². The first-order chi connectivity index (χ1) is 10.1. The Labute approximate surface area is 132 Å². The Morgan fingerprint density at radius 1 is 0.762 bits per heavy atom. The summed E-state index contributed by atoms with van der Waals surface area (Å²) in [6.45, 7) is 6.95. The Morgan fingerprint density at radius 2 is 1.19 bits per heavy atom. The summed E-state index contributed by atoms with van der Waals surface area (Å²) in [5.74, 6) is 0. The van der Waals surface area contributed by atoms with Gasteiger partial charge in [-0.3, -0.25) is 0 Å². The standard InChI is InChI=1S/C20H31P/c1-20(2,3)16-12-14-19(15-13-16)21(17-8-4-5-9-17)18-10-6-7-11-18/h12-15,17-18H,4-11H2,1-3H3. The third-order valence-corrected chi connectivity index (χ3v) is 8.97. The fourth-order valence-corrected chi connectivity index (χ4v) is 7.99. The molecule has 0 saturated heterocycles. The highest BCUT2D eigenvalue weighted by Crippen LogP contribution is 2.56. The SMILES string of the molecule is CC(C)(C)c1ccc(P(C2CCCC2)C2CCCC2)cc1. The molecule has 0 heterocycles. The zero-order valence-electron chi connectivity index (χ0n) is 14.1. The smallest absolute Gasteiger partial charge is 0.0132 e. The van der Waals surface area contributed by atoms with E-state index in [1.165, 1.54) is 56.9 Å². The highest BCUT2D eigenvalue weighted by molar-refractivity contribution is 7.67. The Balaban J connectivity index is 1.85. The van der Waals surface area contributed by atoms with Gasteiger partial charge in [-0.25, -0.2) is 0 Å². The van der Waals surface area contributed by atoms with Crippen molar-refractivity contribution in [2.45, 2.75) is 88.9 Å². The Hall–Kier alpha value is -0.350. The average Bonchev–Trinajstić information content (AvgIpc) is 3.12. The lowest BCUT2D eigenvalue weighted by Crippen LogP contribution is -2.20. The van der Waals surface area contributed by atoms with Gasteiger partial charge >= 0.3 is 0 Å². The van der Waals surface area contributed by atoms with Crippen LogP contribution in [0.3, 0.4) is 0 Å². The molecule has 0 amide bonds. The van der Waals surface area contributed by atoms with E-state index < -0.39 is 0 Å². The summed E-state index contributed by atoms with van der Waals surface area (Å²) < 4.78 is 0. The van der Waals surface area contributed by atoms with Gasteiger partial charge in [0, 0.05) is 0 Å². The summed E-state index contributed by atoms with van der Waals surface area (Å²) in [5, 5.41) is 1.71. The van der Waals surface area contributed by atoms with Crippen molar-refractivity contribution in [3.63, 3.8) is 0 Å². The molecule has 1 aromatic rings. The van der Waals surface area contributed by atoms with Crippen molar-refractivity contribution in [3.8, 4) is 0 Å². The van der Waals surface area contributed by atoms with Crippen LogP contribution in [0, 0.1) is 0 Å². The van der Waals surface area contributed by atoms with Crippen molar-refractivity contribution in [1.82, 2.24) is 0 Å². The molecule has 0 radical (unpaired) electrons. The molecule has 1 aromatic carbocycles. The molecule has 3 rings (SSSR count). The second kappa shape index (κ2) is 6.41. The van der Waals surface area contributed by atoms with Crippen LogP contribution in [-0.4, -0.2) is 11.3 Å². The van der Waals surface area contributed by atoms with E-state index in [9.17, 15) is 0 Å². The highest BCUT2D eigenvalue weighted by Gasteiger charge is 2.33. The Kier molecular flexibility index (Phi) is 4.75. The van der Waals surface area contributed by atoms with E-state index in [2.05, 4.69) is 45.0 Å². The van der Waals surface area contributed by atoms with Crippen molar-refractivity contribution in [1.29, 1.82) is 0 Å². The molecule has 2 fully saturated rings. The Morgan fingerprint density at radius 3 is 1.57 bits per heavy atom. The summed E-state index contributed by atoms with van der Waals surface area (Å²) in [5.41, 5.74) is 3.83. The fraction of sp³-hybridized carbons (Fsp3) is 0.700. The molecule has 2 aliphatic carbocycles. The van der Waals surface area contributed by atoms with Crippen LogP contribution >= 0.6 is 7.92 Å². The van der Waals surface area contributed by atoms with Crippen molar-refractivity contribution < 1.29 is 0 Å². The van der Waals surface area contributed by atoms with E-state index in [4.69, 9.17) is 0 Å². The molecule has 0 bridgehead atoms. The predicted molar refractivity (Wildman–Crippen MR) is 96.2 cm³/mol. The van der Waals surface area contributed by atoms with Crippen molar-refractivity contribution in [2.24, 2.45) is 0 Å². The van der Waals surface area contributed by atoms with Crippen molar-refractivity contribution in [3.05, 3.63) is 29.8 Å². The predicted octanol–water partition coefficient (Wildman–Crippen LogP) is 5.98. The number of rotatable bonds is 3. The normalized spacial score (nSPS) is 21.5. The number of hydrogen-bond donors (Lipinski definition) is 0. The quantitative estimate of drug-likeness (QED) is 0.603. The molecule has 0 nitrogen and oxygen atoms in total. The molecule has 0 aromatic heterocycles. The minimum atomic E-state index is 0.0937. The molecule has 21 heavy (non-hydrogen) atoms. The maximum Gasteiger partial charge on any atom is -0.0132 e. The topological polar surface area (TPSA) is 0 Å². The van der Waals surface area contributed by atoms with Crippen LogP contribution in [0.1, 0.15) is 77.7 Å². The first kappa shape index (κ1) is 15.5. The van der Waals surface area contributed by atoms with E-state index in [1.54, 1.807) is 5.30 Å². The molecule has 1 heteroatoms. The largest absolute Gasteiger partial charge is 0.0690 e. The summed E-state index contributed by atoms with van der Waals surface area (Å²) in [6.07, 6.45) is 11.9. The highest BCUT2D eigenvalue weighted by atomic mass is 31.1. The van der Waals surface area contributed by atoms with Crippen LogP contribution < -0.4 is 5.30 Å². The van der Waals surface area contributed by atoms with E-state index >= 15 is 0 Å². The maximum atomic E-state index is 2.49. The molecule has 2 saturated carbocycles. The van der Waals surface area contributed by atoms with Gasteiger partial charge in [-0.2, -0.15) is 0 Å². The van der Waals surface area contributed by atoms with Crippen LogP contribution in [0.2, 0.25) is 0 Å². The zero-order valence-corrected chi connectivity index (χ0v) is 15.0. The van der Waals surface area contributed by atoms with Gasteiger partial charge in [0.2, 0.25) is 0 Å². The Bertz CT molecular complexity index is 426. The maximum absolute atomic E-state index is 2.49. The number of benzene rings is 1. The van der Waals surface area contributed by atoms with Crippen LogP contribution in [0.4, 0.5) is 0 Å². The monoisotopic (exact) mass is 302 g/mol. The van der Waals surface area contributed by atoms with Gasteiger partial charge < -0.3 is 0 Å². The van der Waals surface area contributed by atoms with Gasteiger partial charge in [0.25, 0.3) is 0 Å². The molecule has 0 aliphatic heterocycles. The van der Waals surface area contributed by atoms with Gasteiger partial charge in [0.05, 0.1) is 0 Å². The molecular weight excluding hydrogens is 271 g/mol. The minimum absolute atomic E-state index is 0.0937. The van der Waals surface area contributed by atoms with Crippen LogP contribution in [-0.2, 0) is 5.41 Å². The summed E-state index contributed by atoms with van der Waals surface area (Å²) in [7, 11) is 0.0937. The third kappa shape index (κ3) is 3.53. The van der Waals surface area contributed by atoms with Gasteiger partial charge in [0.15, 0.2) is 0 Å². The lowest BCUT2D eigenvalue weighted by atomic mass is 9.87. The molecule has 0 spiro atoms. The second-order valence-electron chi connectivity index (χ2n) is 8.08. The summed E-state index contributed by atoms with van der Waals surface area (Å²) >= 11 is 0. The van der Waals surface area contributed by atoms with E-state index in [-0.39, 0.29) is 13.3 Å². The molecule has 0 atom stereocenters. The lowest BCUT2D eigenvalue weighted by Gasteiger charge is -2.31. The van der Waals surface area contributed by atoms with Gasteiger partial charge in [-0.1, -0.05) is 78.6 Å². The van der Waals surface area contributed by atoms with Crippen molar-refractivity contribution >= 4 is 13.2 Å². The van der Waals surface area contributed by atoms with Crippen molar-refractivity contribution in [2.75, 3.05) is 0 Å². The molecule has 0 unspecified atom stereocenters. The van der Waals surface area contributed by atoms with Crippen LogP contribution in [0.15, 0.2) is 24.3 Å². The molecule has 0 N–H and O–H groups in total. The van der Waals surface area contributed by atoms with Gasteiger partial charge in [-0.15, -0.1) is 0 Å². The van der Waals surface area contributed by atoms with Crippen LogP contribution in [0.25, 0.3) is 0 Å². The summed E-state index contributed by atoms with van der Waals surface area (Å²) in [6, 6.07) is 9.80. The minimum Gasteiger partial charge on any atom is -0.0690 e. The second-order valence-corrected chi connectivity index (χ2v) is 10.9. The lowest BCUT2D eigenvalue weighted by molar-refractivity contribution is 0.590. The molecule has 116 valence electrons. The number of hydrogen-bond acceptors (Lipinski definition) is 0. The first-order valence-corrected chi connectivity index (χ1v) is 10.4. The van der Waals surface area contributed by atoms with Gasteiger partial charge in [-0.05, 0) is 53.3 Å². The first-order valence-electron chi connectivity index (χ1n) is 8.94. The third-order valence-electron chi connectivity index (χ3n) is 5.47. The van der Waals surface area contributed by atoms with Crippen LogP contribution in [0.5, 0.6) is 0 Å². The average molecular weight is 302 g/mol. The van der Waals surface area contributed by atoms with E-state index in [0.717, 1.165) is 11.3 Å².